The lowest BCUT2D eigenvalue weighted by molar-refractivity contribution is -0.119. The highest BCUT2D eigenvalue weighted by Crippen LogP contribution is 2.22. The fraction of sp³-hybridized carbons (Fsp3) is 0.286. The summed E-state index contributed by atoms with van der Waals surface area (Å²) in [6.45, 7) is 1.70. The van der Waals surface area contributed by atoms with Crippen LogP contribution < -0.4 is 10.6 Å². The number of hydrogen-bond donors (Lipinski definition) is 2. The maximum Gasteiger partial charge on any atom is 0.228 e. The van der Waals surface area contributed by atoms with Gasteiger partial charge in [0.1, 0.15) is 0 Å². The highest BCUT2D eigenvalue weighted by Gasteiger charge is 2.22. The molecule has 108 valence electrons. The van der Waals surface area contributed by atoms with E-state index in [0.717, 1.165) is 36.1 Å². The van der Waals surface area contributed by atoms with Gasteiger partial charge in [-0.2, -0.15) is 0 Å². The Bertz CT molecular complexity index is 580. The quantitative estimate of drug-likeness (QED) is 0.896. The van der Waals surface area contributed by atoms with E-state index < -0.39 is 0 Å². The van der Waals surface area contributed by atoms with Crippen molar-refractivity contribution in [1.82, 2.24) is 10.3 Å². The van der Waals surface area contributed by atoms with Gasteiger partial charge in [0.2, 0.25) is 5.91 Å². The van der Waals surface area contributed by atoms with Crippen molar-refractivity contribution in [3.8, 4) is 0 Å². The Labute approximate surface area is 130 Å². The number of carbonyl (C=O) groups is 1. The van der Waals surface area contributed by atoms with Crippen molar-refractivity contribution in [3.63, 3.8) is 0 Å². The first-order valence-electron chi connectivity index (χ1n) is 6.20. The van der Waals surface area contributed by atoms with Crippen LogP contribution in [0.15, 0.2) is 36.5 Å². The molecule has 2 heterocycles. The number of anilines is 1. The zero-order valence-corrected chi connectivity index (χ0v) is 12.5. The van der Waals surface area contributed by atoms with Crippen molar-refractivity contribution in [1.29, 1.82) is 0 Å². The number of amides is 1. The van der Waals surface area contributed by atoms with Gasteiger partial charge in [-0.25, -0.2) is 0 Å². The van der Waals surface area contributed by atoms with Crippen LogP contribution >= 0.6 is 24.8 Å². The lowest BCUT2D eigenvalue weighted by Crippen LogP contribution is -2.24. The molecule has 4 nitrogen and oxygen atoms in total. The number of fused-ring (bicyclic) bond motifs is 1. The molecule has 20 heavy (non-hydrogen) atoms. The molecule has 0 spiro atoms. The molecule has 1 aliphatic rings. The fourth-order valence-corrected chi connectivity index (χ4v) is 2.33. The van der Waals surface area contributed by atoms with Gasteiger partial charge in [0.05, 0.1) is 17.1 Å². The predicted molar refractivity (Wildman–Crippen MR) is 85.8 cm³/mol. The van der Waals surface area contributed by atoms with E-state index in [1.165, 1.54) is 0 Å². The van der Waals surface area contributed by atoms with E-state index in [2.05, 4.69) is 15.6 Å². The first kappa shape index (κ1) is 16.7. The number of nitrogens with zero attached hydrogens (tertiary/aromatic N) is 1. The Kier molecular flexibility index (Phi) is 6.20. The van der Waals surface area contributed by atoms with Crippen molar-refractivity contribution < 1.29 is 4.79 Å². The van der Waals surface area contributed by atoms with Gasteiger partial charge in [-0.15, -0.1) is 24.8 Å². The normalized spacial score (nSPS) is 17.1. The standard InChI is InChI=1S/C14H15N3O.2ClH/c18-14(10-6-8-15-9-10)17-13-5-1-4-12-11(13)3-2-7-16-12;;/h1-5,7,10,15H,6,8-9H2,(H,17,18);2*1H. The van der Waals surface area contributed by atoms with Crippen molar-refractivity contribution in [3.05, 3.63) is 36.5 Å². The van der Waals surface area contributed by atoms with Crippen molar-refractivity contribution in [2.45, 2.75) is 6.42 Å². The summed E-state index contributed by atoms with van der Waals surface area (Å²) in [5, 5.41) is 7.20. The van der Waals surface area contributed by atoms with Crippen LogP contribution in [0.4, 0.5) is 5.69 Å². The van der Waals surface area contributed by atoms with Crippen LogP contribution in [0.1, 0.15) is 6.42 Å². The minimum Gasteiger partial charge on any atom is -0.325 e. The molecule has 6 heteroatoms. The number of hydrogen-bond acceptors (Lipinski definition) is 3. The van der Waals surface area contributed by atoms with Crippen LogP contribution in [-0.4, -0.2) is 24.0 Å². The molecule has 2 aromatic rings. The number of benzene rings is 1. The SMILES string of the molecule is Cl.Cl.O=C(Nc1cccc2ncccc12)C1CCNC1. The van der Waals surface area contributed by atoms with Crippen LogP contribution in [-0.2, 0) is 4.79 Å². The number of pyridine rings is 1. The molecule has 2 N–H and O–H groups in total. The van der Waals surface area contributed by atoms with Crippen LogP contribution in [0.25, 0.3) is 10.9 Å². The summed E-state index contributed by atoms with van der Waals surface area (Å²) < 4.78 is 0. The highest BCUT2D eigenvalue weighted by molar-refractivity contribution is 6.01. The van der Waals surface area contributed by atoms with Gasteiger partial charge in [-0.1, -0.05) is 6.07 Å². The largest absolute Gasteiger partial charge is 0.325 e. The molecular formula is C14H17Cl2N3O. The molecule has 0 bridgehead atoms. The lowest BCUT2D eigenvalue weighted by atomic mass is 10.1. The van der Waals surface area contributed by atoms with Gasteiger partial charge in [-0.05, 0) is 37.2 Å². The molecule has 1 aromatic carbocycles. The number of carbonyl (C=O) groups excluding carboxylic acids is 1. The molecule has 1 unspecified atom stereocenters. The van der Waals surface area contributed by atoms with Crippen molar-refractivity contribution in [2.24, 2.45) is 5.92 Å². The van der Waals surface area contributed by atoms with Gasteiger partial charge >= 0.3 is 0 Å². The van der Waals surface area contributed by atoms with E-state index in [0.29, 0.717) is 0 Å². The minimum atomic E-state index is 0. The molecule has 1 amide bonds. The summed E-state index contributed by atoms with van der Waals surface area (Å²) >= 11 is 0. The Hall–Kier alpha value is -1.36. The van der Waals surface area contributed by atoms with Crippen LogP contribution in [0.2, 0.25) is 0 Å². The molecular weight excluding hydrogens is 297 g/mol. The molecule has 1 atom stereocenters. The topological polar surface area (TPSA) is 54.0 Å². The molecule has 1 aromatic heterocycles. The molecule has 0 radical (unpaired) electrons. The molecule has 0 saturated carbocycles. The number of rotatable bonds is 2. The first-order chi connectivity index (χ1) is 8.84. The van der Waals surface area contributed by atoms with Crippen LogP contribution in [0, 0.1) is 5.92 Å². The summed E-state index contributed by atoms with van der Waals surface area (Å²) in [7, 11) is 0. The molecule has 1 fully saturated rings. The fourth-order valence-electron chi connectivity index (χ4n) is 2.33. The second-order valence-electron chi connectivity index (χ2n) is 4.55. The smallest absolute Gasteiger partial charge is 0.228 e. The van der Waals surface area contributed by atoms with E-state index >= 15 is 0 Å². The Morgan fingerprint density at radius 3 is 2.85 bits per heavy atom. The second kappa shape index (κ2) is 7.43. The molecule has 0 aliphatic carbocycles. The minimum absolute atomic E-state index is 0. The van der Waals surface area contributed by atoms with Crippen molar-refractivity contribution >= 4 is 47.3 Å². The van der Waals surface area contributed by atoms with Gasteiger partial charge in [0.25, 0.3) is 0 Å². The Morgan fingerprint density at radius 1 is 1.25 bits per heavy atom. The Morgan fingerprint density at radius 2 is 2.10 bits per heavy atom. The monoisotopic (exact) mass is 313 g/mol. The number of halogens is 2. The van der Waals surface area contributed by atoms with E-state index in [4.69, 9.17) is 0 Å². The lowest BCUT2D eigenvalue weighted by Gasteiger charge is -2.11. The zero-order chi connectivity index (χ0) is 12.4. The third-order valence-corrected chi connectivity index (χ3v) is 3.33. The van der Waals surface area contributed by atoms with Crippen LogP contribution in [0.3, 0.4) is 0 Å². The maximum absolute atomic E-state index is 12.1. The third-order valence-electron chi connectivity index (χ3n) is 3.33. The summed E-state index contributed by atoms with van der Waals surface area (Å²) in [6.07, 6.45) is 2.67. The van der Waals surface area contributed by atoms with Gasteiger partial charge in [-0.3, -0.25) is 9.78 Å². The van der Waals surface area contributed by atoms with Gasteiger partial charge in [0, 0.05) is 18.1 Å². The Balaban J connectivity index is 0.000001000. The zero-order valence-electron chi connectivity index (χ0n) is 10.8. The summed E-state index contributed by atoms with van der Waals surface area (Å²) in [5.41, 5.74) is 1.75. The van der Waals surface area contributed by atoms with Crippen molar-refractivity contribution in [2.75, 3.05) is 18.4 Å². The second-order valence-corrected chi connectivity index (χ2v) is 4.55. The highest BCUT2D eigenvalue weighted by atomic mass is 35.5. The van der Waals surface area contributed by atoms with Gasteiger partial charge in [0.15, 0.2) is 0 Å². The third kappa shape index (κ3) is 3.39. The molecule has 1 aliphatic heterocycles. The van der Waals surface area contributed by atoms with E-state index in [1.807, 2.05) is 30.3 Å². The number of nitrogens with one attached hydrogen (secondary N) is 2. The molecule has 3 rings (SSSR count). The van der Waals surface area contributed by atoms with Gasteiger partial charge < -0.3 is 10.6 Å². The molecule has 1 saturated heterocycles. The number of aromatic nitrogens is 1. The average molecular weight is 314 g/mol. The predicted octanol–water partition coefficient (Wildman–Crippen LogP) is 2.63. The van der Waals surface area contributed by atoms with Crippen LogP contribution in [0.5, 0.6) is 0 Å². The first-order valence-corrected chi connectivity index (χ1v) is 6.20. The maximum atomic E-state index is 12.1. The summed E-state index contributed by atoms with van der Waals surface area (Å²) in [6, 6.07) is 9.64. The van der Waals surface area contributed by atoms with E-state index in [9.17, 15) is 4.79 Å². The van der Waals surface area contributed by atoms with E-state index in [-0.39, 0.29) is 36.6 Å². The summed E-state index contributed by atoms with van der Waals surface area (Å²) in [5.74, 6) is 0.174. The van der Waals surface area contributed by atoms with E-state index in [1.54, 1.807) is 6.20 Å². The average Bonchev–Trinajstić information content (AvgIpc) is 2.93. The summed E-state index contributed by atoms with van der Waals surface area (Å²) in [4.78, 5) is 16.4.